The lowest BCUT2D eigenvalue weighted by molar-refractivity contribution is -0.115. The van der Waals surface area contributed by atoms with Gasteiger partial charge in [0.1, 0.15) is 24.8 Å². The van der Waals surface area contributed by atoms with Crippen LogP contribution in [0.5, 0.6) is 11.5 Å². The summed E-state index contributed by atoms with van der Waals surface area (Å²) in [5.41, 5.74) is 1.24. The molecular formula is C20H15F2N3O4S. The lowest BCUT2D eigenvalue weighted by Gasteiger charge is -2.18. The Morgan fingerprint density at radius 2 is 1.77 bits per heavy atom. The smallest absolute Gasteiger partial charge is 0.251 e. The van der Waals surface area contributed by atoms with Gasteiger partial charge in [0.25, 0.3) is 5.91 Å². The van der Waals surface area contributed by atoms with Crippen molar-refractivity contribution in [2.75, 3.05) is 25.1 Å². The summed E-state index contributed by atoms with van der Waals surface area (Å²) in [6, 6.07) is 7.88. The standard InChI is InChI=1S/C20H15F2N3O4S/c21-13-5-12(6-14(22)8-13)19(27)23-9-18(26)25-20-24-15(10-30-20)11-1-2-16-17(7-11)29-4-3-28-16/h1-2,5-8,10H,3-4,9H2,(H,23,27)(H,24,25,26). The number of rotatable bonds is 5. The number of amides is 2. The summed E-state index contributed by atoms with van der Waals surface area (Å²) in [6.07, 6.45) is 0. The molecule has 2 heterocycles. The van der Waals surface area contributed by atoms with Crippen molar-refractivity contribution in [3.05, 3.63) is 59.0 Å². The van der Waals surface area contributed by atoms with Crippen molar-refractivity contribution < 1.29 is 27.8 Å². The minimum Gasteiger partial charge on any atom is -0.486 e. The fraction of sp³-hybridized carbons (Fsp3) is 0.150. The number of carbonyl (C=O) groups excluding carboxylic acids is 2. The minimum atomic E-state index is -0.876. The van der Waals surface area contributed by atoms with E-state index in [-0.39, 0.29) is 12.1 Å². The number of ether oxygens (including phenoxy) is 2. The summed E-state index contributed by atoms with van der Waals surface area (Å²) in [4.78, 5) is 28.4. The molecule has 10 heteroatoms. The van der Waals surface area contributed by atoms with Crippen LogP contribution in [0.3, 0.4) is 0 Å². The number of benzene rings is 2. The van der Waals surface area contributed by atoms with Crippen molar-refractivity contribution in [1.29, 1.82) is 0 Å². The molecule has 1 aromatic heterocycles. The number of aromatic nitrogens is 1. The van der Waals surface area contributed by atoms with Crippen LogP contribution in [0.1, 0.15) is 10.4 Å². The molecule has 0 saturated carbocycles. The molecule has 0 saturated heterocycles. The van der Waals surface area contributed by atoms with Gasteiger partial charge in [-0.05, 0) is 30.3 Å². The Balaban J connectivity index is 1.35. The minimum absolute atomic E-state index is 0.213. The van der Waals surface area contributed by atoms with Gasteiger partial charge in [-0.1, -0.05) is 0 Å². The SMILES string of the molecule is O=C(CNC(=O)c1cc(F)cc(F)c1)Nc1nc(-c2ccc3c(c2)OCCO3)cs1. The number of halogens is 2. The third-order valence-corrected chi connectivity index (χ3v) is 4.88. The number of fused-ring (bicyclic) bond motifs is 1. The van der Waals surface area contributed by atoms with Crippen molar-refractivity contribution >= 4 is 28.3 Å². The maximum Gasteiger partial charge on any atom is 0.251 e. The third kappa shape index (κ3) is 4.54. The Morgan fingerprint density at radius 1 is 1.03 bits per heavy atom. The lowest BCUT2D eigenvalue weighted by Crippen LogP contribution is -2.32. The van der Waals surface area contributed by atoms with Crippen LogP contribution in [-0.2, 0) is 4.79 Å². The van der Waals surface area contributed by atoms with E-state index in [1.54, 1.807) is 11.4 Å². The van der Waals surface area contributed by atoms with E-state index in [4.69, 9.17) is 9.47 Å². The number of thiazole rings is 1. The Kier molecular flexibility index (Phi) is 5.57. The van der Waals surface area contributed by atoms with Gasteiger partial charge in [-0.25, -0.2) is 13.8 Å². The molecule has 0 spiro atoms. The van der Waals surface area contributed by atoms with Crippen LogP contribution >= 0.6 is 11.3 Å². The molecule has 0 radical (unpaired) electrons. The molecule has 2 aromatic carbocycles. The number of hydrogen-bond donors (Lipinski definition) is 2. The monoisotopic (exact) mass is 431 g/mol. The first-order chi connectivity index (χ1) is 14.5. The normalized spacial score (nSPS) is 12.3. The van der Waals surface area contributed by atoms with Crippen LogP contribution in [0.25, 0.3) is 11.3 Å². The second-order valence-electron chi connectivity index (χ2n) is 6.29. The Hall–Kier alpha value is -3.53. The number of carbonyl (C=O) groups is 2. The first-order valence-corrected chi connectivity index (χ1v) is 9.75. The van der Waals surface area contributed by atoms with E-state index in [1.165, 1.54) is 11.3 Å². The molecule has 0 fully saturated rings. The Morgan fingerprint density at radius 3 is 2.53 bits per heavy atom. The zero-order valence-electron chi connectivity index (χ0n) is 15.4. The number of anilines is 1. The van der Waals surface area contributed by atoms with E-state index in [2.05, 4.69) is 15.6 Å². The summed E-state index contributed by atoms with van der Waals surface area (Å²) < 4.78 is 37.4. The number of nitrogens with zero attached hydrogens (tertiary/aromatic N) is 1. The van der Waals surface area contributed by atoms with Gasteiger partial charge in [0, 0.05) is 22.6 Å². The molecule has 3 aromatic rings. The highest BCUT2D eigenvalue weighted by Gasteiger charge is 2.15. The van der Waals surface area contributed by atoms with Crippen molar-refractivity contribution in [2.45, 2.75) is 0 Å². The second kappa shape index (κ2) is 8.46. The van der Waals surface area contributed by atoms with Gasteiger partial charge in [0.05, 0.1) is 12.2 Å². The molecule has 2 N–H and O–H groups in total. The zero-order chi connectivity index (χ0) is 21.1. The van der Waals surface area contributed by atoms with Gasteiger partial charge in [-0.3, -0.25) is 9.59 Å². The van der Waals surface area contributed by atoms with Gasteiger partial charge in [-0.2, -0.15) is 0 Å². The molecule has 0 unspecified atom stereocenters. The molecule has 0 bridgehead atoms. The predicted octanol–water partition coefficient (Wildman–Crippen LogP) is 3.23. The van der Waals surface area contributed by atoms with Crippen molar-refractivity contribution in [3.8, 4) is 22.8 Å². The molecule has 0 atom stereocenters. The Labute approximate surface area is 173 Å². The van der Waals surface area contributed by atoms with E-state index in [9.17, 15) is 18.4 Å². The van der Waals surface area contributed by atoms with Gasteiger partial charge in [-0.15, -0.1) is 11.3 Å². The third-order valence-electron chi connectivity index (χ3n) is 4.12. The molecule has 1 aliphatic heterocycles. The van der Waals surface area contributed by atoms with Gasteiger partial charge in [0.2, 0.25) is 5.91 Å². The van der Waals surface area contributed by atoms with Gasteiger partial charge in [0.15, 0.2) is 16.6 Å². The zero-order valence-corrected chi connectivity index (χ0v) is 16.2. The van der Waals surface area contributed by atoms with Crippen molar-refractivity contribution in [2.24, 2.45) is 0 Å². The van der Waals surface area contributed by atoms with E-state index in [0.717, 1.165) is 17.7 Å². The molecule has 7 nitrogen and oxygen atoms in total. The predicted molar refractivity (Wildman–Crippen MR) is 106 cm³/mol. The van der Waals surface area contributed by atoms with Crippen molar-refractivity contribution in [3.63, 3.8) is 0 Å². The van der Waals surface area contributed by atoms with Crippen LogP contribution in [-0.4, -0.2) is 36.6 Å². The van der Waals surface area contributed by atoms with Crippen molar-refractivity contribution in [1.82, 2.24) is 10.3 Å². The largest absolute Gasteiger partial charge is 0.486 e. The average molecular weight is 431 g/mol. The van der Waals surface area contributed by atoms with Crippen LogP contribution in [0.4, 0.5) is 13.9 Å². The average Bonchev–Trinajstić information content (AvgIpc) is 3.19. The molecule has 154 valence electrons. The van der Waals surface area contributed by atoms with Crippen LogP contribution in [0, 0.1) is 11.6 Å². The number of nitrogens with one attached hydrogen (secondary N) is 2. The summed E-state index contributed by atoms with van der Waals surface area (Å²) >= 11 is 1.22. The molecule has 4 rings (SSSR count). The van der Waals surface area contributed by atoms with E-state index < -0.39 is 23.4 Å². The summed E-state index contributed by atoms with van der Waals surface area (Å²) in [6.45, 7) is 0.600. The highest BCUT2D eigenvalue weighted by Crippen LogP contribution is 2.35. The fourth-order valence-electron chi connectivity index (χ4n) is 2.78. The van der Waals surface area contributed by atoms with Gasteiger partial charge >= 0.3 is 0 Å². The van der Waals surface area contributed by atoms with E-state index in [0.29, 0.717) is 41.6 Å². The Bertz CT molecular complexity index is 1100. The first-order valence-electron chi connectivity index (χ1n) is 8.87. The fourth-order valence-corrected chi connectivity index (χ4v) is 3.51. The van der Waals surface area contributed by atoms with E-state index >= 15 is 0 Å². The maximum atomic E-state index is 13.2. The molecule has 2 amide bonds. The van der Waals surface area contributed by atoms with E-state index in [1.807, 2.05) is 12.1 Å². The summed E-state index contributed by atoms with van der Waals surface area (Å²) in [7, 11) is 0. The van der Waals surface area contributed by atoms with Crippen LogP contribution in [0.15, 0.2) is 41.8 Å². The molecule has 1 aliphatic rings. The summed E-state index contributed by atoms with van der Waals surface area (Å²) in [5.74, 6) is -1.74. The van der Waals surface area contributed by atoms with Crippen LogP contribution < -0.4 is 20.1 Å². The topological polar surface area (TPSA) is 89.6 Å². The lowest BCUT2D eigenvalue weighted by atomic mass is 10.1. The first kappa shape index (κ1) is 19.8. The highest BCUT2D eigenvalue weighted by molar-refractivity contribution is 7.14. The highest BCUT2D eigenvalue weighted by atomic mass is 32.1. The maximum absolute atomic E-state index is 13.2. The summed E-state index contributed by atoms with van der Waals surface area (Å²) in [5, 5.41) is 7.00. The van der Waals surface area contributed by atoms with Crippen LogP contribution in [0.2, 0.25) is 0 Å². The second-order valence-corrected chi connectivity index (χ2v) is 7.14. The molecule has 0 aliphatic carbocycles. The van der Waals surface area contributed by atoms with Gasteiger partial charge < -0.3 is 20.1 Å². The molecule has 30 heavy (non-hydrogen) atoms. The molecular weight excluding hydrogens is 416 g/mol. The number of hydrogen-bond acceptors (Lipinski definition) is 6. The quantitative estimate of drug-likeness (QED) is 0.648.